The topological polar surface area (TPSA) is 83.0 Å². The van der Waals surface area contributed by atoms with Gasteiger partial charge in [-0.2, -0.15) is 0 Å². The summed E-state index contributed by atoms with van der Waals surface area (Å²) < 4.78 is 5.31. The fourth-order valence-electron chi connectivity index (χ4n) is 3.49. The Balaban J connectivity index is 2.09. The van der Waals surface area contributed by atoms with Gasteiger partial charge in [-0.05, 0) is 56.9 Å². The Labute approximate surface area is 170 Å². The number of amides is 1. The van der Waals surface area contributed by atoms with Gasteiger partial charge in [0.05, 0.1) is 18.7 Å². The molecule has 1 fully saturated rings. The number of hydrogen-bond donors (Lipinski definition) is 1. The van der Waals surface area contributed by atoms with Crippen LogP contribution in [-0.4, -0.2) is 65.9 Å². The second kappa shape index (κ2) is 8.87. The van der Waals surface area contributed by atoms with Crippen molar-refractivity contribution >= 4 is 17.4 Å². The predicted molar refractivity (Wildman–Crippen MR) is 109 cm³/mol. The van der Waals surface area contributed by atoms with Crippen molar-refractivity contribution in [3.63, 3.8) is 0 Å². The Morgan fingerprint density at radius 3 is 2.59 bits per heavy atom. The zero-order valence-corrected chi connectivity index (χ0v) is 16.8. The molecule has 1 N–H and O–H groups in total. The van der Waals surface area contributed by atoms with Crippen molar-refractivity contribution in [1.29, 1.82) is 0 Å². The van der Waals surface area contributed by atoms with Crippen molar-refractivity contribution in [2.75, 3.05) is 34.3 Å². The Morgan fingerprint density at radius 2 is 1.93 bits per heavy atom. The van der Waals surface area contributed by atoms with E-state index in [1.165, 1.54) is 17.3 Å². The number of ketones is 1. The number of rotatable bonds is 7. The lowest BCUT2D eigenvalue weighted by Crippen LogP contribution is -2.32. The lowest BCUT2D eigenvalue weighted by atomic mass is 9.95. The molecule has 7 heteroatoms. The fourth-order valence-corrected chi connectivity index (χ4v) is 3.49. The van der Waals surface area contributed by atoms with Crippen molar-refractivity contribution < 1.29 is 19.4 Å². The fraction of sp³-hybridized carbons (Fsp3) is 0.318. The first-order valence-electron chi connectivity index (χ1n) is 9.41. The number of aromatic nitrogens is 1. The summed E-state index contributed by atoms with van der Waals surface area (Å²) in [6, 6.07) is 9.76. The number of carbonyl (C=O) groups excluding carboxylic acids is 2. The van der Waals surface area contributed by atoms with Crippen LogP contribution >= 0.6 is 0 Å². The normalized spacial score (nSPS) is 18.5. The highest BCUT2D eigenvalue weighted by Crippen LogP contribution is 2.40. The van der Waals surface area contributed by atoms with Crippen LogP contribution in [0.1, 0.15) is 23.6 Å². The smallest absolute Gasteiger partial charge is 0.295 e. The molecule has 7 nitrogen and oxygen atoms in total. The third kappa shape index (κ3) is 4.30. The number of aliphatic hydroxyl groups excluding tert-OH is 1. The summed E-state index contributed by atoms with van der Waals surface area (Å²) in [5, 5.41) is 10.9. The highest BCUT2D eigenvalue weighted by molar-refractivity contribution is 6.46. The van der Waals surface area contributed by atoms with E-state index in [-0.39, 0.29) is 11.3 Å². The molecule has 0 saturated carbocycles. The number of benzene rings is 1. The van der Waals surface area contributed by atoms with E-state index in [1.54, 1.807) is 37.4 Å². The molecule has 2 heterocycles. The van der Waals surface area contributed by atoms with Gasteiger partial charge in [0.2, 0.25) is 0 Å². The lowest BCUT2D eigenvalue weighted by Gasteiger charge is -2.26. The molecule has 1 aromatic heterocycles. The number of methoxy groups -OCH3 is 1. The first-order valence-corrected chi connectivity index (χ1v) is 9.41. The molecule has 1 amide bonds. The Kier molecular flexibility index (Phi) is 6.29. The molecular weight excluding hydrogens is 370 g/mol. The maximum Gasteiger partial charge on any atom is 0.295 e. The minimum Gasteiger partial charge on any atom is -0.507 e. The minimum atomic E-state index is -0.683. The van der Waals surface area contributed by atoms with Crippen LogP contribution in [0.3, 0.4) is 0 Å². The summed E-state index contributed by atoms with van der Waals surface area (Å²) in [5.41, 5.74) is 1.24. The van der Waals surface area contributed by atoms with Crippen molar-refractivity contribution in [3.8, 4) is 5.75 Å². The van der Waals surface area contributed by atoms with Gasteiger partial charge in [-0.25, -0.2) is 0 Å². The van der Waals surface area contributed by atoms with Gasteiger partial charge >= 0.3 is 0 Å². The number of aliphatic hydroxyl groups is 1. The summed E-state index contributed by atoms with van der Waals surface area (Å²) in [6.45, 7) is 1.18. The molecule has 1 saturated heterocycles. The Hall–Kier alpha value is -3.19. The van der Waals surface area contributed by atoms with Crippen LogP contribution in [0.5, 0.6) is 5.75 Å². The van der Waals surface area contributed by atoms with Crippen LogP contribution in [0.15, 0.2) is 54.4 Å². The largest absolute Gasteiger partial charge is 0.507 e. The van der Waals surface area contributed by atoms with Gasteiger partial charge < -0.3 is 19.6 Å². The lowest BCUT2D eigenvalue weighted by molar-refractivity contribution is -0.139. The van der Waals surface area contributed by atoms with Crippen LogP contribution < -0.4 is 4.74 Å². The molecule has 0 radical (unpaired) electrons. The average molecular weight is 395 g/mol. The van der Waals surface area contributed by atoms with E-state index in [0.717, 1.165) is 6.54 Å². The molecule has 0 bridgehead atoms. The standard InChI is InChI=1S/C22H25N3O4/c1-24(2)12-5-13-25-19(16-6-4-7-17(14-16)29-3)18(21(27)22(25)28)20(26)15-8-10-23-11-9-15/h4,6-11,14,19,26H,5,12-13H2,1-3H3/b20-18-/t19-/m1/s1. The molecule has 0 aliphatic carbocycles. The molecule has 3 rings (SSSR count). The average Bonchev–Trinajstić information content (AvgIpc) is 2.98. The summed E-state index contributed by atoms with van der Waals surface area (Å²) in [6.07, 6.45) is 3.77. The molecule has 0 spiro atoms. The summed E-state index contributed by atoms with van der Waals surface area (Å²) >= 11 is 0. The van der Waals surface area contributed by atoms with Gasteiger partial charge in [-0.1, -0.05) is 12.1 Å². The predicted octanol–water partition coefficient (Wildman–Crippen LogP) is 2.46. The van der Waals surface area contributed by atoms with E-state index in [2.05, 4.69) is 4.98 Å². The van der Waals surface area contributed by atoms with Crippen molar-refractivity contribution in [1.82, 2.24) is 14.8 Å². The maximum atomic E-state index is 12.9. The van der Waals surface area contributed by atoms with Crippen LogP contribution in [0.4, 0.5) is 0 Å². The molecule has 1 atom stereocenters. The van der Waals surface area contributed by atoms with Crippen LogP contribution in [-0.2, 0) is 9.59 Å². The van der Waals surface area contributed by atoms with Gasteiger partial charge in [0, 0.05) is 24.5 Å². The number of carbonyl (C=O) groups is 2. The van der Waals surface area contributed by atoms with Crippen molar-refractivity contribution in [2.45, 2.75) is 12.5 Å². The highest BCUT2D eigenvalue weighted by atomic mass is 16.5. The molecule has 0 unspecified atom stereocenters. The molecule has 1 aliphatic rings. The number of likely N-dealkylation sites (tertiary alicyclic amines) is 1. The molecule has 152 valence electrons. The van der Waals surface area contributed by atoms with Gasteiger partial charge in [0.15, 0.2) is 0 Å². The minimum absolute atomic E-state index is 0.0827. The highest BCUT2D eigenvalue weighted by Gasteiger charge is 2.45. The van der Waals surface area contributed by atoms with E-state index >= 15 is 0 Å². The van der Waals surface area contributed by atoms with Gasteiger partial charge in [-0.15, -0.1) is 0 Å². The summed E-state index contributed by atoms with van der Waals surface area (Å²) in [7, 11) is 5.47. The number of ether oxygens (including phenoxy) is 1. The van der Waals surface area contributed by atoms with E-state index in [9.17, 15) is 14.7 Å². The van der Waals surface area contributed by atoms with Crippen LogP contribution in [0, 0.1) is 0 Å². The molecule has 29 heavy (non-hydrogen) atoms. The first kappa shape index (κ1) is 20.5. The number of hydrogen-bond acceptors (Lipinski definition) is 6. The van der Waals surface area contributed by atoms with E-state index in [0.29, 0.717) is 29.8 Å². The third-order valence-electron chi connectivity index (χ3n) is 4.91. The van der Waals surface area contributed by atoms with Crippen molar-refractivity contribution in [3.05, 3.63) is 65.5 Å². The molecule has 2 aromatic rings. The summed E-state index contributed by atoms with van der Waals surface area (Å²) in [5.74, 6) is -0.872. The Bertz CT molecular complexity index is 925. The quantitative estimate of drug-likeness (QED) is 0.441. The van der Waals surface area contributed by atoms with E-state index in [4.69, 9.17) is 4.74 Å². The first-order chi connectivity index (χ1) is 13.9. The van der Waals surface area contributed by atoms with E-state index < -0.39 is 17.7 Å². The van der Waals surface area contributed by atoms with Gasteiger partial charge in [0.1, 0.15) is 11.5 Å². The van der Waals surface area contributed by atoms with Gasteiger partial charge in [0.25, 0.3) is 11.7 Å². The third-order valence-corrected chi connectivity index (χ3v) is 4.91. The zero-order valence-electron chi connectivity index (χ0n) is 16.8. The second-order valence-corrected chi connectivity index (χ2v) is 7.16. The second-order valence-electron chi connectivity index (χ2n) is 7.16. The molecule has 1 aliphatic heterocycles. The van der Waals surface area contributed by atoms with Crippen LogP contribution in [0.25, 0.3) is 5.76 Å². The number of nitrogens with zero attached hydrogens (tertiary/aromatic N) is 3. The Morgan fingerprint density at radius 1 is 1.21 bits per heavy atom. The number of pyridine rings is 1. The monoisotopic (exact) mass is 395 g/mol. The molecular formula is C22H25N3O4. The van der Waals surface area contributed by atoms with Crippen LogP contribution in [0.2, 0.25) is 0 Å². The maximum absolute atomic E-state index is 12.9. The number of Topliss-reactive ketones (excluding diaryl/α,β-unsaturated/α-hetero) is 1. The SMILES string of the molecule is COc1cccc([C@@H]2/C(=C(/O)c3ccncc3)C(=O)C(=O)N2CCCN(C)C)c1. The summed E-state index contributed by atoms with van der Waals surface area (Å²) in [4.78, 5) is 33.2. The molecule has 1 aromatic carbocycles. The zero-order chi connectivity index (χ0) is 21.0. The van der Waals surface area contributed by atoms with E-state index in [1.807, 2.05) is 25.1 Å². The van der Waals surface area contributed by atoms with Gasteiger partial charge in [-0.3, -0.25) is 14.6 Å². The van der Waals surface area contributed by atoms with Crippen molar-refractivity contribution in [2.24, 2.45) is 0 Å².